The van der Waals surface area contributed by atoms with E-state index in [1.165, 1.54) is 5.56 Å². The summed E-state index contributed by atoms with van der Waals surface area (Å²) in [5, 5.41) is 6.67. The van der Waals surface area contributed by atoms with E-state index in [0.717, 1.165) is 13.0 Å². The lowest BCUT2D eigenvalue weighted by atomic mass is 10.1. The molecule has 2 heterocycles. The molecule has 3 rings (SSSR count). The molecular formula is C19H25N3O4. The van der Waals surface area contributed by atoms with Crippen molar-refractivity contribution in [1.82, 2.24) is 15.4 Å². The highest BCUT2D eigenvalue weighted by molar-refractivity contribution is 5.92. The second kappa shape index (κ2) is 9.47. The number of amides is 1. The topological polar surface area (TPSA) is 76.8 Å². The lowest BCUT2D eigenvalue weighted by Crippen LogP contribution is -2.39. The van der Waals surface area contributed by atoms with Crippen LogP contribution in [-0.4, -0.2) is 62.0 Å². The molecule has 1 amide bonds. The number of nitrogens with zero attached hydrogens (tertiary/aromatic N) is 2. The van der Waals surface area contributed by atoms with Crippen molar-refractivity contribution in [3.63, 3.8) is 0 Å². The van der Waals surface area contributed by atoms with Crippen molar-refractivity contribution in [3.05, 3.63) is 53.4 Å². The average molecular weight is 359 g/mol. The Morgan fingerprint density at radius 3 is 2.92 bits per heavy atom. The molecule has 1 unspecified atom stereocenters. The second-order valence-electron chi connectivity index (χ2n) is 6.43. The Morgan fingerprint density at radius 1 is 1.31 bits per heavy atom. The number of carbonyl (C=O) groups excluding carboxylic acids is 1. The van der Waals surface area contributed by atoms with Gasteiger partial charge < -0.3 is 19.3 Å². The summed E-state index contributed by atoms with van der Waals surface area (Å²) in [6, 6.07) is 12.0. The molecule has 1 aliphatic heterocycles. The zero-order chi connectivity index (χ0) is 18.2. The van der Waals surface area contributed by atoms with Crippen LogP contribution in [0.3, 0.4) is 0 Å². The first kappa shape index (κ1) is 18.6. The van der Waals surface area contributed by atoms with Crippen LogP contribution >= 0.6 is 0 Å². The van der Waals surface area contributed by atoms with Crippen LogP contribution in [0.25, 0.3) is 0 Å². The van der Waals surface area contributed by atoms with Gasteiger partial charge in [0.05, 0.1) is 32.5 Å². The number of nitrogens with one attached hydrogen (secondary N) is 1. The fourth-order valence-corrected chi connectivity index (χ4v) is 2.76. The van der Waals surface area contributed by atoms with Gasteiger partial charge in [-0.15, -0.1) is 0 Å². The summed E-state index contributed by atoms with van der Waals surface area (Å²) >= 11 is 0. The third-order valence-corrected chi connectivity index (χ3v) is 4.22. The van der Waals surface area contributed by atoms with Gasteiger partial charge in [0.25, 0.3) is 5.91 Å². The van der Waals surface area contributed by atoms with Crippen LogP contribution in [0, 0.1) is 0 Å². The van der Waals surface area contributed by atoms with Crippen LogP contribution in [0.5, 0.6) is 0 Å². The van der Waals surface area contributed by atoms with Crippen molar-refractivity contribution >= 4 is 5.91 Å². The predicted molar refractivity (Wildman–Crippen MR) is 95.9 cm³/mol. The minimum atomic E-state index is -0.263. The van der Waals surface area contributed by atoms with Crippen molar-refractivity contribution < 1.29 is 18.8 Å². The fraction of sp³-hybridized carbons (Fsp3) is 0.474. The number of hydrogen-bond donors (Lipinski definition) is 1. The summed E-state index contributed by atoms with van der Waals surface area (Å²) in [4.78, 5) is 14.3. The van der Waals surface area contributed by atoms with E-state index in [9.17, 15) is 4.79 Å². The average Bonchev–Trinajstić information content (AvgIpc) is 3.14. The van der Waals surface area contributed by atoms with Gasteiger partial charge in [0, 0.05) is 19.2 Å². The van der Waals surface area contributed by atoms with Crippen molar-refractivity contribution in [2.75, 3.05) is 40.0 Å². The maximum atomic E-state index is 12.2. The van der Waals surface area contributed by atoms with E-state index in [1.807, 2.05) is 25.2 Å². The van der Waals surface area contributed by atoms with E-state index in [1.54, 1.807) is 6.07 Å². The van der Waals surface area contributed by atoms with Gasteiger partial charge in [-0.05, 0) is 19.0 Å². The van der Waals surface area contributed by atoms with Gasteiger partial charge in [-0.1, -0.05) is 35.5 Å². The first-order chi connectivity index (χ1) is 12.7. The molecule has 1 N–H and O–H groups in total. The summed E-state index contributed by atoms with van der Waals surface area (Å²) in [5.41, 5.74) is 1.58. The normalized spacial score (nSPS) is 17.4. The molecule has 2 aromatic rings. The maximum absolute atomic E-state index is 12.2. The molecule has 7 heteroatoms. The quantitative estimate of drug-likeness (QED) is 0.770. The van der Waals surface area contributed by atoms with E-state index in [0.29, 0.717) is 38.7 Å². The van der Waals surface area contributed by atoms with Crippen LogP contribution < -0.4 is 5.32 Å². The first-order valence-corrected chi connectivity index (χ1v) is 8.86. The van der Waals surface area contributed by atoms with Crippen LogP contribution in [0.15, 0.2) is 40.9 Å². The van der Waals surface area contributed by atoms with Crippen molar-refractivity contribution in [2.24, 2.45) is 0 Å². The molecular weight excluding hydrogens is 334 g/mol. The lowest BCUT2D eigenvalue weighted by Gasteiger charge is -2.22. The zero-order valence-electron chi connectivity index (χ0n) is 15.0. The molecule has 0 aliphatic carbocycles. The Morgan fingerprint density at radius 2 is 2.15 bits per heavy atom. The molecule has 1 aromatic carbocycles. The fourth-order valence-electron chi connectivity index (χ4n) is 2.76. The third kappa shape index (κ3) is 5.66. The highest BCUT2D eigenvalue weighted by Crippen LogP contribution is 2.08. The number of benzene rings is 1. The number of aromatic nitrogens is 1. The smallest absolute Gasteiger partial charge is 0.273 e. The summed E-state index contributed by atoms with van der Waals surface area (Å²) in [6.45, 7) is 3.56. The Balaban J connectivity index is 1.42. The summed E-state index contributed by atoms with van der Waals surface area (Å²) in [6.07, 6.45) is 0.852. The number of rotatable bonds is 8. The molecule has 0 radical (unpaired) electrons. The number of carbonyl (C=O) groups is 1. The lowest BCUT2D eigenvalue weighted by molar-refractivity contribution is -0.0855. The molecule has 7 nitrogen and oxygen atoms in total. The third-order valence-electron chi connectivity index (χ3n) is 4.22. The predicted octanol–water partition coefficient (Wildman–Crippen LogP) is 1.49. The molecule has 1 aromatic heterocycles. The van der Waals surface area contributed by atoms with E-state index in [2.05, 4.69) is 27.5 Å². The van der Waals surface area contributed by atoms with Crippen molar-refractivity contribution in [3.8, 4) is 0 Å². The Kier molecular flexibility index (Phi) is 6.76. The molecule has 1 aliphatic rings. The van der Waals surface area contributed by atoms with Crippen LogP contribution in [0.1, 0.15) is 21.8 Å². The Hall–Kier alpha value is -2.22. The minimum Gasteiger partial charge on any atom is -0.376 e. The highest BCUT2D eigenvalue weighted by atomic mass is 16.6. The monoisotopic (exact) mass is 359 g/mol. The van der Waals surface area contributed by atoms with E-state index in [4.69, 9.17) is 14.0 Å². The molecule has 140 valence electrons. The number of likely N-dealkylation sites (N-methyl/N-ethyl adjacent to an activating group) is 1. The largest absolute Gasteiger partial charge is 0.376 e. The van der Waals surface area contributed by atoms with E-state index >= 15 is 0 Å². The second-order valence-corrected chi connectivity index (χ2v) is 6.43. The van der Waals surface area contributed by atoms with E-state index < -0.39 is 0 Å². The van der Waals surface area contributed by atoms with Crippen LogP contribution in [0.4, 0.5) is 0 Å². The first-order valence-electron chi connectivity index (χ1n) is 8.86. The van der Waals surface area contributed by atoms with Gasteiger partial charge in [-0.2, -0.15) is 0 Å². The van der Waals surface area contributed by atoms with Gasteiger partial charge in [0.1, 0.15) is 0 Å². The standard InChI is InChI=1S/C19H25N3O4/c1-22(8-7-15-5-3-2-4-6-15)13-16-11-18(21-26-16)19(23)20-12-17-14-24-9-10-25-17/h2-6,11,17H,7-10,12-14H2,1H3,(H,20,23). The summed E-state index contributed by atoms with van der Waals surface area (Å²) in [5.74, 6) is 0.407. The van der Waals surface area contributed by atoms with Gasteiger partial charge >= 0.3 is 0 Å². The van der Waals surface area contributed by atoms with Gasteiger partial charge in [0.15, 0.2) is 11.5 Å². The molecule has 26 heavy (non-hydrogen) atoms. The SMILES string of the molecule is CN(CCc1ccccc1)Cc1cc(C(=O)NCC2COCCO2)no1. The Bertz CT molecular complexity index is 683. The summed E-state index contributed by atoms with van der Waals surface area (Å²) in [7, 11) is 2.02. The molecule has 0 saturated carbocycles. The van der Waals surface area contributed by atoms with Crippen LogP contribution in [-0.2, 0) is 22.4 Å². The number of ether oxygens (including phenoxy) is 2. The number of hydrogen-bond acceptors (Lipinski definition) is 6. The maximum Gasteiger partial charge on any atom is 0.273 e. The molecule has 1 fully saturated rings. The van der Waals surface area contributed by atoms with Crippen molar-refractivity contribution in [1.29, 1.82) is 0 Å². The Labute approximate surface area is 153 Å². The highest BCUT2D eigenvalue weighted by Gasteiger charge is 2.18. The summed E-state index contributed by atoms with van der Waals surface area (Å²) < 4.78 is 16.1. The zero-order valence-corrected chi connectivity index (χ0v) is 15.0. The van der Waals surface area contributed by atoms with Crippen LogP contribution in [0.2, 0.25) is 0 Å². The molecule has 0 spiro atoms. The molecule has 1 atom stereocenters. The van der Waals surface area contributed by atoms with Gasteiger partial charge in [-0.25, -0.2) is 0 Å². The van der Waals surface area contributed by atoms with E-state index in [-0.39, 0.29) is 17.7 Å². The van der Waals surface area contributed by atoms with Gasteiger partial charge in [0.2, 0.25) is 0 Å². The molecule has 1 saturated heterocycles. The van der Waals surface area contributed by atoms with Gasteiger partial charge in [-0.3, -0.25) is 9.69 Å². The molecule has 0 bridgehead atoms. The van der Waals surface area contributed by atoms with Crippen molar-refractivity contribution in [2.45, 2.75) is 19.1 Å². The minimum absolute atomic E-state index is 0.108.